The van der Waals surface area contributed by atoms with Gasteiger partial charge in [0.05, 0.1) is 77.2 Å². The molecule has 129 heavy (non-hydrogen) atoms. The third-order valence-electron chi connectivity index (χ3n) is 23.1. The van der Waals surface area contributed by atoms with Crippen LogP contribution in [0.25, 0.3) is 44.1 Å². The smallest absolute Gasteiger partial charge is 0.296 e. The van der Waals surface area contributed by atoms with Crippen molar-refractivity contribution in [2.24, 2.45) is 37.8 Å². The number of rotatable bonds is 26. The zero-order valence-electron chi connectivity index (χ0n) is 66.6. The fourth-order valence-corrected chi connectivity index (χ4v) is 21.3. The lowest BCUT2D eigenvalue weighted by molar-refractivity contribution is 0.102. The van der Waals surface area contributed by atoms with Crippen molar-refractivity contribution in [2.45, 2.75) is 86.4 Å². The normalized spacial score (nSPS) is 17.5. The van der Waals surface area contributed by atoms with Gasteiger partial charge in [0.25, 0.3) is 71.8 Å². The summed E-state index contributed by atoms with van der Waals surface area (Å²) in [5.41, 5.74) is 5.04. The summed E-state index contributed by atoms with van der Waals surface area (Å²) in [4.78, 5) is 108. The highest BCUT2D eigenvalue weighted by Gasteiger charge is 2.42. The summed E-state index contributed by atoms with van der Waals surface area (Å²) < 4.78 is 221. The van der Waals surface area contributed by atoms with Crippen LogP contribution in [0, 0.1) is 34.5 Å². The van der Waals surface area contributed by atoms with Gasteiger partial charge in [0.2, 0.25) is 35.7 Å². The predicted molar refractivity (Wildman–Crippen MR) is 468 cm³/mol. The van der Waals surface area contributed by atoms with Crippen molar-refractivity contribution in [1.29, 1.82) is 10.8 Å². The zero-order valence-corrected chi connectivity index (χ0v) is 71.5. The Morgan fingerprint density at radius 3 is 1.09 bits per heavy atom. The molecule has 4 aromatic heterocycles. The Morgan fingerprint density at radius 1 is 0.403 bits per heavy atom. The maximum Gasteiger partial charge on any atom is 0.296 e. The number of nitrogen functional groups attached to an aromatic ring is 2. The zero-order chi connectivity index (χ0) is 92.5. The lowest BCUT2D eigenvalue weighted by atomic mass is 9.67. The molecule has 2 saturated carbocycles. The number of benzene rings is 8. The number of carbonyl (C=O) groups is 4. The number of ketones is 4. The summed E-state index contributed by atoms with van der Waals surface area (Å²) in [5.74, 6) is -7.78. The van der Waals surface area contributed by atoms with Crippen molar-refractivity contribution in [2.75, 3.05) is 43.4 Å². The van der Waals surface area contributed by atoms with Crippen LogP contribution in [0.1, 0.15) is 109 Å². The molecule has 16 rings (SSSR count). The molecule has 0 bridgehead atoms. The maximum atomic E-state index is 15.0. The molecule has 0 radical (unpaired) electrons. The molecule has 12 aromatic rings. The number of carbonyl (C=O) groups excluding carboxylic acids is 4. The molecule has 0 spiro atoms. The lowest BCUT2D eigenvalue weighted by Crippen LogP contribution is -2.43. The molecule has 4 aliphatic rings. The standard InChI is InChI=1S/C81H70N18O24S6/c1-98-56-25-23-50(64-66(56)62(42-17-3-5-19-44(42)72(64)102)68(74(98)104)70(100)38-13-7-15-40(28-38)124(106,107)108)86-52-30-54(60(128(118,119)120)32-58(52)126(112,113)114)90-80-94-76(84)92-78(96-80)88-48-21-9-11-36(46(48)34-82)27-37-12-10-22-49(47(37)35-83)89-79-93-77(85)95-81(97-79)91-55-31-53(59(127(115,116)117)33-61(55)129(121,122)123)87-51-24-26-57-67-63(43-18-4-6-20-45(43)73(103)65(51)67)69(75(105)99(57)2)71(101)39-14-8-16-41(29-39)125(109,110)111/h3-8,13-20,23-26,28-37,46-49,82-83,86-87H,9-12,21-22,27H2,1-2H3,(H,106,107,108)(H,109,110,111)(H,112,113,114)(H,115,116,117)(H,118,119,120)(H,121,122,123)(H4,84,88,90,92,94,96)(H4,85,89,91,93,95,97). The number of fused-ring (bicyclic) bond motifs is 4. The second kappa shape index (κ2) is 32.7. The van der Waals surface area contributed by atoms with Gasteiger partial charge in [-0.3, -0.25) is 56.1 Å². The molecule has 18 N–H and O–H groups in total. The minimum atomic E-state index is -5.52. The van der Waals surface area contributed by atoms with Crippen LogP contribution in [0.2, 0.25) is 0 Å². The van der Waals surface area contributed by atoms with E-state index < -0.39 is 206 Å². The van der Waals surface area contributed by atoms with Gasteiger partial charge >= 0.3 is 0 Å². The van der Waals surface area contributed by atoms with Gasteiger partial charge in [-0.05, 0) is 128 Å². The van der Waals surface area contributed by atoms with E-state index in [4.69, 9.17) is 22.3 Å². The van der Waals surface area contributed by atoms with E-state index >= 15 is 0 Å². The van der Waals surface area contributed by atoms with E-state index in [1.165, 1.54) is 111 Å². The second-order valence-electron chi connectivity index (χ2n) is 30.8. The Kier molecular flexibility index (Phi) is 22.5. The molecular weight excluding hydrogens is 1800 g/mol. The Hall–Kier alpha value is -13.9. The van der Waals surface area contributed by atoms with Crippen LogP contribution in [-0.2, 0) is 74.8 Å². The predicted octanol–water partition coefficient (Wildman–Crippen LogP) is 9.05. The number of nitrogens with one attached hydrogen (secondary N) is 8. The van der Waals surface area contributed by atoms with Crippen LogP contribution in [0.5, 0.6) is 0 Å². The number of hydrogen-bond acceptors (Lipinski definition) is 34. The Labute approximate surface area is 730 Å². The lowest BCUT2D eigenvalue weighted by Gasteiger charge is -2.42. The van der Waals surface area contributed by atoms with Crippen LogP contribution in [0.3, 0.4) is 0 Å². The van der Waals surface area contributed by atoms with E-state index in [1.54, 1.807) is 0 Å². The van der Waals surface area contributed by atoms with Crippen molar-refractivity contribution in [3.05, 3.63) is 211 Å². The molecule has 6 unspecified atom stereocenters. The van der Waals surface area contributed by atoms with Gasteiger partial charge in [0.15, 0.2) is 23.1 Å². The van der Waals surface area contributed by atoms with Gasteiger partial charge in [-0.2, -0.15) is 80.4 Å². The minimum absolute atomic E-state index is 0.0515. The number of aryl methyl sites for hydroxylation is 2. The molecule has 4 aliphatic carbocycles. The molecular formula is C81H70N18O24S6. The molecule has 4 heterocycles. The van der Waals surface area contributed by atoms with Gasteiger partial charge in [-0.25, -0.2) is 0 Å². The van der Waals surface area contributed by atoms with Crippen molar-refractivity contribution in [3.63, 3.8) is 0 Å². The van der Waals surface area contributed by atoms with E-state index in [9.17, 15) is 107 Å². The average Bonchev–Trinajstić information content (AvgIpc) is 0.707. The summed E-state index contributed by atoms with van der Waals surface area (Å²) >= 11 is 0. The third kappa shape index (κ3) is 16.6. The summed E-state index contributed by atoms with van der Waals surface area (Å²) in [6.07, 6.45) is 6.00. The number of hydrogen-bond donors (Lipinski definition) is 16. The number of pyridine rings is 2. The van der Waals surface area contributed by atoms with Crippen molar-refractivity contribution < 1.29 is 97.0 Å². The Morgan fingerprint density at radius 2 is 0.744 bits per heavy atom. The average molecular weight is 1870 g/mol. The van der Waals surface area contributed by atoms with Crippen LogP contribution >= 0.6 is 0 Å². The quantitative estimate of drug-likeness (QED) is 0.0136. The number of nitrogens with two attached hydrogens (primary N) is 2. The minimum Gasteiger partial charge on any atom is -0.368 e. The fourth-order valence-electron chi connectivity index (χ4n) is 17.5. The molecule has 2 fully saturated rings. The van der Waals surface area contributed by atoms with Crippen molar-refractivity contribution in [3.8, 4) is 22.3 Å². The van der Waals surface area contributed by atoms with Gasteiger partial charge in [0.1, 0.15) is 19.6 Å². The molecule has 48 heteroatoms. The first-order valence-corrected chi connectivity index (χ1v) is 47.3. The first-order chi connectivity index (χ1) is 60.8. The molecule has 0 aliphatic heterocycles. The molecule has 0 amide bonds. The van der Waals surface area contributed by atoms with E-state index in [0.29, 0.717) is 57.1 Å². The SMILES string of the molecule is Cn1c(=O)c(C(=O)c2cccc(S(=O)(=O)O)c2)c2c3c(c(Nc4cc(Nc5nc(N)nc(NC6CCCC(CC7CCCC(Nc8nc(N)nc(Nc9cc(Nc%10ccc%11c%12c%10C(=O)c%10ccccc%10-c%12c(C(=O)c%10cccc(S(=O)(=O)O)c%10)c(=O)n%11C)c(S(=O)(=O)O)cc9S(=O)(=O)O)n8)C7C=N)C6C=N)n5)c(S(=O)(=O)O)cc4S(=O)(=O)O)ccc31)C(=O)c1ccccc1-2. The molecule has 0 saturated heterocycles. The first kappa shape index (κ1) is 88.5. The van der Waals surface area contributed by atoms with E-state index in [2.05, 4.69) is 61.8 Å². The third-order valence-corrected chi connectivity index (χ3v) is 28.4. The Balaban J connectivity index is 0.660. The van der Waals surface area contributed by atoms with Crippen LogP contribution in [0.15, 0.2) is 185 Å². The molecule has 42 nitrogen and oxygen atoms in total. The summed E-state index contributed by atoms with van der Waals surface area (Å²) in [6.45, 7) is 0. The summed E-state index contributed by atoms with van der Waals surface area (Å²) in [6, 6.07) is 26.4. The highest BCUT2D eigenvalue weighted by molar-refractivity contribution is 7.87. The van der Waals surface area contributed by atoms with E-state index in [-0.39, 0.29) is 113 Å². The largest absolute Gasteiger partial charge is 0.368 e. The van der Waals surface area contributed by atoms with Crippen LogP contribution in [0.4, 0.5) is 69.8 Å². The first-order valence-electron chi connectivity index (χ1n) is 38.6. The molecule has 8 aromatic carbocycles. The highest BCUT2D eigenvalue weighted by Crippen LogP contribution is 2.50. The Bertz CT molecular complexity index is 7420. The maximum absolute atomic E-state index is 15.0. The molecule has 6 atom stereocenters. The van der Waals surface area contributed by atoms with Gasteiger partial charge in [-0.15, -0.1) is 0 Å². The van der Waals surface area contributed by atoms with Gasteiger partial charge in [-0.1, -0.05) is 85.6 Å². The monoisotopic (exact) mass is 1870 g/mol. The number of anilines is 12. The number of aromatic nitrogens is 8. The van der Waals surface area contributed by atoms with Crippen LogP contribution in [-0.4, -0.2) is 165 Å². The van der Waals surface area contributed by atoms with Crippen molar-refractivity contribution in [1.82, 2.24) is 39.0 Å². The number of nitrogens with zero attached hydrogens (tertiary/aromatic N) is 8. The van der Waals surface area contributed by atoms with Gasteiger partial charge < -0.3 is 63.3 Å². The molecule has 664 valence electrons. The summed E-state index contributed by atoms with van der Waals surface area (Å²) in [5, 5.41) is 34.8. The summed E-state index contributed by atoms with van der Waals surface area (Å²) in [7, 11) is -29.2. The highest BCUT2D eigenvalue weighted by atomic mass is 32.2. The van der Waals surface area contributed by atoms with Crippen LogP contribution < -0.4 is 54.5 Å². The van der Waals surface area contributed by atoms with E-state index in [0.717, 1.165) is 57.7 Å². The van der Waals surface area contributed by atoms with Crippen molar-refractivity contribution >= 4 is 188 Å². The second-order valence-corrected chi connectivity index (χ2v) is 39.2. The topological polar surface area (TPSA) is 688 Å². The van der Waals surface area contributed by atoms with E-state index in [1.807, 2.05) is 0 Å². The van der Waals surface area contributed by atoms with Gasteiger partial charge in [0, 0.05) is 94.6 Å². The fraction of sp³-hybridized carbons (Fsp3) is 0.185.